The van der Waals surface area contributed by atoms with E-state index >= 15 is 0 Å². The summed E-state index contributed by atoms with van der Waals surface area (Å²) in [5, 5.41) is 10.5. The highest BCUT2D eigenvalue weighted by Gasteiger charge is 2.19. The van der Waals surface area contributed by atoms with Crippen molar-refractivity contribution in [3.8, 4) is 11.1 Å². The van der Waals surface area contributed by atoms with Gasteiger partial charge in [0.15, 0.2) is 0 Å². The quantitative estimate of drug-likeness (QED) is 0.122. The number of fused-ring (bicyclic) bond motifs is 9. The van der Waals surface area contributed by atoms with Gasteiger partial charge in [-0.2, -0.15) is 0 Å². The molecule has 0 radical (unpaired) electrons. The molecule has 1 aliphatic rings. The Morgan fingerprint density at radius 3 is 2.09 bits per heavy atom. The van der Waals surface area contributed by atoms with E-state index < -0.39 is 0 Å². The van der Waals surface area contributed by atoms with Crippen molar-refractivity contribution in [3.63, 3.8) is 0 Å². The number of hydrogen-bond acceptors (Lipinski definition) is 2. The van der Waals surface area contributed by atoms with Gasteiger partial charge in [0.25, 0.3) is 0 Å². The normalized spacial score (nSPS) is 12.7. The van der Waals surface area contributed by atoms with Crippen molar-refractivity contribution < 1.29 is 0 Å². The molecule has 264 valence electrons. The third-order valence-electron chi connectivity index (χ3n) is 11.5. The number of para-hydroxylation sites is 1. The van der Waals surface area contributed by atoms with E-state index in [4.69, 9.17) is 0 Å². The maximum absolute atomic E-state index is 2.42. The highest BCUT2D eigenvalue weighted by atomic mass is 32.1. The van der Waals surface area contributed by atoms with Gasteiger partial charge in [0.05, 0.1) is 5.69 Å². The Hall–Kier alpha value is -6.74. The second-order valence-corrected chi connectivity index (χ2v) is 15.9. The average Bonchev–Trinajstić information content (AvgIpc) is 3.62. The van der Waals surface area contributed by atoms with E-state index in [0.29, 0.717) is 0 Å². The molecule has 10 aromatic rings. The van der Waals surface area contributed by atoms with E-state index in [1.54, 1.807) is 0 Å². The second-order valence-electron chi connectivity index (χ2n) is 14.8. The molecule has 0 atom stereocenters. The van der Waals surface area contributed by atoms with E-state index in [0.717, 1.165) is 29.9 Å². The first-order chi connectivity index (χ1) is 27.7. The molecule has 56 heavy (non-hydrogen) atoms. The molecule has 1 nitrogen and oxygen atoms in total. The van der Waals surface area contributed by atoms with Crippen LogP contribution in [0.15, 0.2) is 182 Å². The fourth-order valence-electron chi connectivity index (χ4n) is 8.78. The van der Waals surface area contributed by atoms with Gasteiger partial charge < -0.3 is 4.90 Å². The van der Waals surface area contributed by atoms with Gasteiger partial charge in [-0.15, -0.1) is 11.3 Å². The third-order valence-corrected chi connectivity index (χ3v) is 12.6. The fourth-order valence-corrected chi connectivity index (χ4v) is 9.95. The number of aryl methyl sites for hydroxylation is 1. The monoisotopic (exact) mass is 731 g/mol. The number of rotatable bonds is 6. The summed E-state index contributed by atoms with van der Waals surface area (Å²) in [6.07, 6.45) is 11.3. The lowest BCUT2D eigenvalue weighted by atomic mass is 9.87. The summed E-state index contributed by atoms with van der Waals surface area (Å²) >= 11 is 1.88. The van der Waals surface area contributed by atoms with Crippen LogP contribution >= 0.6 is 11.3 Å². The maximum atomic E-state index is 2.42. The van der Waals surface area contributed by atoms with Crippen LogP contribution < -0.4 is 4.90 Å². The Bertz CT molecular complexity index is 3180. The van der Waals surface area contributed by atoms with Crippen LogP contribution in [-0.4, -0.2) is 0 Å². The Labute approximate surface area is 330 Å². The largest absolute Gasteiger partial charge is 0.310 e. The molecule has 1 aromatic heterocycles. The molecule has 0 saturated carbocycles. The van der Waals surface area contributed by atoms with Crippen molar-refractivity contribution >= 4 is 99.1 Å². The lowest BCUT2D eigenvalue weighted by Crippen LogP contribution is -2.11. The van der Waals surface area contributed by atoms with Crippen LogP contribution in [0.4, 0.5) is 17.1 Å². The Balaban J connectivity index is 1.02. The maximum Gasteiger partial charge on any atom is 0.0540 e. The van der Waals surface area contributed by atoms with E-state index in [2.05, 4.69) is 205 Å². The van der Waals surface area contributed by atoms with Crippen LogP contribution in [0.3, 0.4) is 0 Å². The molecule has 0 bridgehead atoms. The highest BCUT2D eigenvalue weighted by molar-refractivity contribution is 7.25. The van der Waals surface area contributed by atoms with Crippen LogP contribution in [0.5, 0.6) is 0 Å². The number of nitrogens with zero attached hydrogens (tertiary/aromatic N) is 1. The zero-order valence-corrected chi connectivity index (χ0v) is 31.6. The Kier molecular flexibility index (Phi) is 7.89. The first-order valence-electron chi connectivity index (χ1n) is 19.5. The van der Waals surface area contributed by atoms with Crippen LogP contribution in [0, 0.1) is 0 Å². The predicted octanol–water partition coefficient (Wildman–Crippen LogP) is 15.8. The van der Waals surface area contributed by atoms with Gasteiger partial charge in [-0.3, -0.25) is 0 Å². The molecular formula is C54H37NS. The van der Waals surface area contributed by atoms with Gasteiger partial charge in [0, 0.05) is 37.1 Å². The molecule has 11 rings (SSSR count). The standard InChI is InChI=1S/C54H37NS/c1-2-11-37(12-3-1)46-18-8-9-20-50(46)55(45-31-32-48-49-33-42-14-4-5-15-43(42)34-51(49)56-52(48)35-45)44-29-22-36(23-30-44)21-24-39-16-10-17-40-27-28-41-26-25-38-13-6-7-19-47(38)54(41)53(39)40/h1-6,8-18,20-35H,7,19H2. The number of anilines is 3. The molecule has 0 fully saturated rings. The molecular weight excluding hydrogens is 695 g/mol. The smallest absolute Gasteiger partial charge is 0.0540 e. The van der Waals surface area contributed by atoms with Gasteiger partial charge in [0.1, 0.15) is 0 Å². The molecule has 0 amide bonds. The molecule has 9 aromatic carbocycles. The van der Waals surface area contributed by atoms with Gasteiger partial charge in [-0.1, -0.05) is 158 Å². The van der Waals surface area contributed by atoms with Gasteiger partial charge in [-0.05, 0) is 115 Å². The SMILES string of the molecule is C1=Cc2ccc3ccc4cccc(C=Cc5ccc(N(c6ccc7c(c6)sc6cc8ccccc8cc67)c6ccccc6-c6ccccc6)cc5)c4c3c2CC1. The molecule has 0 unspecified atom stereocenters. The molecule has 0 N–H and O–H groups in total. The van der Waals surface area contributed by atoms with E-state index in [-0.39, 0.29) is 0 Å². The number of benzene rings is 9. The van der Waals surface area contributed by atoms with Crippen molar-refractivity contribution in [1.29, 1.82) is 0 Å². The fraction of sp³-hybridized carbons (Fsp3) is 0.0370. The van der Waals surface area contributed by atoms with Gasteiger partial charge in [0.2, 0.25) is 0 Å². The summed E-state index contributed by atoms with van der Waals surface area (Å²) in [5.74, 6) is 0. The minimum atomic E-state index is 1.08. The lowest BCUT2D eigenvalue weighted by Gasteiger charge is -2.28. The topological polar surface area (TPSA) is 3.24 Å². The van der Waals surface area contributed by atoms with Crippen LogP contribution in [0.2, 0.25) is 0 Å². The number of allylic oxidation sites excluding steroid dienone is 1. The Morgan fingerprint density at radius 1 is 0.500 bits per heavy atom. The van der Waals surface area contributed by atoms with Crippen molar-refractivity contribution in [3.05, 3.63) is 204 Å². The summed E-state index contributed by atoms with van der Waals surface area (Å²) in [6.45, 7) is 0. The van der Waals surface area contributed by atoms with Crippen LogP contribution in [0.25, 0.3) is 81.8 Å². The molecule has 0 aliphatic heterocycles. The average molecular weight is 732 g/mol. The summed E-state index contributed by atoms with van der Waals surface area (Å²) in [6, 6.07) is 64.7. The lowest BCUT2D eigenvalue weighted by molar-refractivity contribution is 0.998. The zero-order chi connectivity index (χ0) is 37.0. The van der Waals surface area contributed by atoms with E-state index in [1.165, 1.54) is 85.9 Å². The molecule has 0 spiro atoms. The summed E-state index contributed by atoms with van der Waals surface area (Å²) < 4.78 is 2.61. The number of hydrogen-bond donors (Lipinski definition) is 0. The molecule has 0 saturated heterocycles. The molecule has 2 heteroatoms. The minimum absolute atomic E-state index is 1.08. The van der Waals surface area contributed by atoms with Crippen LogP contribution in [0.1, 0.15) is 28.7 Å². The van der Waals surface area contributed by atoms with Gasteiger partial charge in [-0.25, -0.2) is 0 Å². The first-order valence-corrected chi connectivity index (χ1v) is 20.3. The van der Waals surface area contributed by atoms with Crippen molar-refractivity contribution in [1.82, 2.24) is 0 Å². The van der Waals surface area contributed by atoms with Crippen molar-refractivity contribution in [2.75, 3.05) is 4.90 Å². The minimum Gasteiger partial charge on any atom is -0.310 e. The molecule has 1 aliphatic carbocycles. The Morgan fingerprint density at radius 2 is 1.21 bits per heavy atom. The third kappa shape index (κ3) is 5.61. The zero-order valence-electron chi connectivity index (χ0n) is 30.8. The highest BCUT2D eigenvalue weighted by Crippen LogP contribution is 2.44. The van der Waals surface area contributed by atoms with Crippen LogP contribution in [-0.2, 0) is 6.42 Å². The second kappa shape index (κ2) is 13.5. The van der Waals surface area contributed by atoms with Crippen molar-refractivity contribution in [2.24, 2.45) is 0 Å². The van der Waals surface area contributed by atoms with Crippen molar-refractivity contribution in [2.45, 2.75) is 12.8 Å². The summed E-state index contributed by atoms with van der Waals surface area (Å²) in [7, 11) is 0. The van der Waals surface area contributed by atoms with Gasteiger partial charge >= 0.3 is 0 Å². The number of thiophene rings is 1. The summed E-state index contributed by atoms with van der Waals surface area (Å²) in [5.41, 5.74) is 11.0. The molecule has 1 heterocycles. The van der Waals surface area contributed by atoms with E-state index in [9.17, 15) is 0 Å². The van der Waals surface area contributed by atoms with E-state index in [1.807, 2.05) is 11.3 Å². The first kappa shape index (κ1) is 32.7. The summed E-state index contributed by atoms with van der Waals surface area (Å²) in [4.78, 5) is 2.42. The predicted molar refractivity (Wildman–Crippen MR) is 245 cm³/mol.